The fourth-order valence-electron chi connectivity index (χ4n) is 1.49. The second-order valence-electron chi connectivity index (χ2n) is 3.61. The number of hydrogen-bond acceptors (Lipinski definition) is 2. The molecule has 0 aromatic heterocycles. The van der Waals surface area contributed by atoms with E-state index in [1.165, 1.54) is 24.2 Å². The van der Waals surface area contributed by atoms with E-state index in [4.69, 9.17) is 0 Å². The highest BCUT2D eigenvalue weighted by Crippen LogP contribution is 2.30. The number of aliphatic hydroxyl groups is 1. The van der Waals surface area contributed by atoms with Gasteiger partial charge < -0.3 is 5.11 Å². The van der Waals surface area contributed by atoms with E-state index in [0.29, 0.717) is 5.25 Å². The monoisotopic (exact) mass is 186 g/mol. The molecule has 0 aromatic rings. The Labute approximate surface area is 79.2 Å². The molecule has 0 aromatic carbocycles. The predicted molar refractivity (Wildman–Crippen MR) is 55.5 cm³/mol. The Balaban J connectivity index is 2.17. The van der Waals surface area contributed by atoms with Gasteiger partial charge >= 0.3 is 0 Å². The molecule has 1 saturated heterocycles. The highest BCUT2D eigenvalue weighted by atomic mass is 32.2. The Hall–Kier alpha value is 0.0500. The lowest BCUT2D eigenvalue weighted by molar-refractivity contribution is 0.160. The Morgan fingerprint density at radius 2 is 2.50 bits per heavy atom. The molecular formula is C10H18OS. The van der Waals surface area contributed by atoms with Crippen LogP contribution in [-0.2, 0) is 0 Å². The van der Waals surface area contributed by atoms with Gasteiger partial charge in [-0.1, -0.05) is 5.57 Å². The summed E-state index contributed by atoms with van der Waals surface area (Å²) < 4.78 is 0. The van der Waals surface area contributed by atoms with Crippen molar-refractivity contribution in [3.8, 4) is 0 Å². The van der Waals surface area contributed by atoms with Crippen LogP contribution >= 0.6 is 11.8 Å². The molecule has 2 unspecified atom stereocenters. The number of aliphatic hydroxyl groups excluding tert-OH is 1. The maximum absolute atomic E-state index is 9.74. The highest BCUT2D eigenvalue weighted by Gasteiger charge is 2.22. The molecule has 1 fully saturated rings. The van der Waals surface area contributed by atoms with Crippen molar-refractivity contribution >= 4 is 11.8 Å². The van der Waals surface area contributed by atoms with E-state index in [1.807, 2.05) is 18.7 Å². The number of thioether (sulfide) groups is 1. The molecule has 2 heteroatoms. The summed E-state index contributed by atoms with van der Waals surface area (Å²) in [6.45, 7) is 5.86. The zero-order valence-electron chi connectivity index (χ0n) is 7.75. The van der Waals surface area contributed by atoms with E-state index in [-0.39, 0.29) is 6.10 Å². The predicted octanol–water partition coefficient (Wildman–Crippen LogP) is 2.60. The van der Waals surface area contributed by atoms with Gasteiger partial charge in [-0.15, -0.1) is 6.58 Å². The van der Waals surface area contributed by atoms with E-state index in [2.05, 4.69) is 6.58 Å². The molecular weight excluding hydrogens is 168 g/mol. The molecule has 0 radical (unpaired) electrons. The molecule has 2 atom stereocenters. The van der Waals surface area contributed by atoms with E-state index in [1.54, 1.807) is 0 Å². The Morgan fingerprint density at radius 3 is 3.00 bits per heavy atom. The molecule has 0 bridgehead atoms. The van der Waals surface area contributed by atoms with Crippen LogP contribution in [-0.4, -0.2) is 22.2 Å². The van der Waals surface area contributed by atoms with Gasteiger partial charge in [0.15, 0.2) is 0 Å². The molecule has 1 N–H and O–H groups in total. The van der Waals surface area contributed by atoms with Crippen molar-refractivity contribution in [2.45, 2.75) is 44.0 Å². The van der Waals surface area contributed by atoms with Gasteiger partial charge in [-0.3, -0.25) is 0 Å². The van der Waals surface area contributed by atoms with Crippen molar-refractivity contribution in [2.24, 2.45) is 0 Å². The summed E-state index contributed by atoms with van der Waals surface area (Å²) in [5.74, 6) is 1.23. The fraction of sp³-hybridized carbons (Fsp3) is 0.800. The second-order valence-corrected chi connectivity index (χ2v) is 4.96. The summed E-state index contributed by atoms with van der Waals surface area (Å²) in [6, 6.07) is 0. The van der Waals surface area contributed by atoms with Crippen LogP contribution in [0.5, 0.6) is 0 Å². The third-order valence-corrected chi connectivity index (χ3v) is 3.76. The maximum Gasteiger partial charge on any atom is 0.0661 e. The average Bonchev–Trinajstić information content (AvgIpc) is 2.51. The molecule has 1 aliphatic heterocycles. The lowest BCUT2D eigenvalue weighted by Crippen LogP contribution is -2.20. The van der Waals surface area contributed by atoms with Gasteiger partial charge in [0, 0.05) is 5.25 Å². The SMILES string of the molecule is C=C(C)CCC(O)C1CCCS1. The molecule has 70 valence electrons. The third-order valence-electron chi connectivity index (χ3n) is 2.26. The topological polar surface area (TPSA) is 20.2 Å². The molecule has 0 aliphatic carbocycles. The summed E-state index contributed by atoms with van der Waals surface area (Å²) >= 11 is 1.92. The lowest BCUT2D eigenvalue weighted by atomic mass is 10.0. The van der Waals surface area contributed by atoms with Crippen molar-refractivity contribution in [2.75, 3.05) is 5.75 Å². The van der Waals surface area contributed by atoms with E-state index in [9.17, 15) is 5.11 Å². The van der Waals surface area contributed by atoms with E-state index >= 15 is 0 Å². The van der Waals surface area contributed by atoms with Crippen molar-refractivity contribution < 1.29 is 5.11 Å². The highest BCUT2D eigenvalue weighted by molar-refractivity contribution is 8.00. The standard InChI is InChI=1S/C10H18OS/c1-8(2)5-6-9(11)10-4-3-7-12-10/h9-11H,1,3-7H2,2H3. The number of rotatable bonds is 4. The Morgan fingerprint density at radius 1 is 1.75 bits per heavy atom. The van der Waals surface area contributed by atoms with Crippen LogP contribution in [0.3, 0.4) is 0 Å². The minimum absolute atomic E-state index is 0.103. The van der Waals surface area contributed by atoms with Crippen LogP contribution in [0, 0.1) is 0 Å². The van der Waals surface area contributed by atoms with Gasteiger partial charge in [0.05, 0.1) is 6.10 Å². The van der Waals surface area contributed by atoms with Gasteiger partial charge in [-0.25, -0.2) is 0 Å². The lowest BCUT2D eigenvalue weighted by Gasteiger charge is -2.16. The summed E-state index contributed by atoms with van der Waals surface area (Å²) in [7, 11) is 0. The molecule has 0 saturated carbocycles. The molecule has 12 heavy (non-hydrogen) atoms. The first-order chi connectivity index (χ1) is 5.70. The zero-order chi connectivity index (χ0) is 8.97. The molecule has 1 heterocycles. The van der Waals surface area contributed by atoms with Crippen LogP contribution in [0.15, 0.2) is 12.2 Å². The molecule has 0 amide bonds. The van der Waals surface area contributed by atoms with Crippen LogP contribution in [0.2, 0.25) is 0 Å². The zero-order valence-corrected chi connectivity index (χ0v) is 8.57. The summed E-state index contributed by atoms with van der Waals surface area (Å²) in [5, 5.41) is 10.2. The smallest absolute Gasteiger partial charge is 0.0661 e. The first-order valence-corrected chi connectivity index (χ1v) is 5.69. The first kappa shape index (κ1) is 10.1. The van der Waals surface area contributed by atoms with Crippen molar-refractivity contribution in [3.05, 3.63) is 12.2 Å². The van der Waals surface area contributed by atoms with Gasteiger partial charge in [0.1, 0.15) is 0 Å². The van der Waals surface area contributed by atoms with Crippen molar-refractivity contribution in [1.29, 1.82) is 0 Å². The molecule has 1 nitrogen and oxygen atoms in total. The largest absolute Gasteiger partial charge is 0.392 e. The molecule has 0 spiro atoms. The maximum atomic E-state index is 9.74. The number of hydrogen-bond donors (Lipinski definition) is 1. The van der Waals surface area contributed by atoms with Crippen LogP contribution in [0.1, 0.15) is 32.6 Å². The fourth-order valence-corrected chi connectivity index (χ4v) is 2.81. The minimum Gasteiger partial charge on any atom is -0.392 e. The minimum atomic E-state index is -0.103. The molecule has 1 aliphatic rings. The Bertz CT molecular complexity index is 150. The van der Waals surface area contributed by atoms with Gasteiger partial charge in [0.25, 0.3) is 0 Å². The summed E-state index contributed by atoms with van der Waals surface area (Å²) in [5.41, 5.74) is 1.18. The first-order valence-electron chi connectivity index (χ1n) is 4.64. The van der Waals surface area contributed by atoms with E-state index in [0.717, 1.165) is 12.8 Å². The quantitative estimate of drug-likeness (QED) is 0.681. The Kier molecular flexibility index (Phi) is 4.16. The molecule has 1 rings (SSSR count). The van der Waals surface area contributed by atoms with Crippen LogP contribution in [0.25, 0.3) is 0 Å². The normalized spacial score (nSPS) is 25.7. The van der Waals surface area contributed by atoms with Gasteiger partial charge in [-0.05, 0) is 38.4 Å². The van der Waals surface area contributed by atoms with Crippen molar-refractivity contribution in [1.82, 2.24) is 0 Å². The third kappa shape index (κ3) is 3.20. The average molecular weight is 186 g/mol. The summed E-state index contributed by atoms with van der Waals surface area (Å²) in [4.78, 5) is 0. The second kappa shape index (κ2) is 4.93. The van der Waals surface area contributed by atoms with Crippen molar-refractivity contribution in [3.63, 3.8) is 0 Å². The van der Waals surface area contributed by atoms with Gasteiger partial charge in [-0.2, -0.15) is 11.8 Å². The number of allylic oxidation sites excluding steroid dienone is 1. The van der Waals surface area contributed by atoms with Crippen LogP contribution in [0.4, 0.5) is 0 Å². The van der Waals surface area contributed by atoms with Crippen LogP contribution < -0.4 is 0 Å². The summed E-state index contributed by atoms with van der Waals surface area (Å²) in [6.07, 6.45) is 4.24. The van der Waals surface area contributed by atoms with Gasteiger partial charge in [0.2, 0.25) is 0 Å². The van der Waals surface area contributed by atoms with E-state index < -0.39 is 0 Å².